The molecular weight excluding hydrogens is 220 g/mol. The second-order valence-electron chi connectivity index (χ2n) is 5.08. The third-order valence-electron chi connectivity index (χ3n) is 3.53. The van der Waals surface area contributed by atoms with Crippen molar-refractivity contribution in [3.63, 3.8) is 0 Å². The number of aliphatic hydroxyl groups is 1. The average Bonchev–Trinajstić information content (AvgIpc) is 3.13. The number of hydrogen-bond donors (Lipinski definition) is 2. The minimum absolute atomic E-state index is 0.144. The fourth-order valence-corrected chi connectivity index (χ4v) is 2.24. The summed E-state index contributed by atoms with van der Waals surface area (Å²) in [6.45, 7) is 2.22. The Kier molecular flexibility index (Phi) is 4.01. The van der Waals surface area contributed by atoms with Gasteiger partial charge in [-0.2, -0.15) is 0 Å². The summed E-state index contributed by atoms with van der Waals surface area (Å²) in [5, 5.41) is 13.6. The number of piperidine rings is 1. The summed E-state index contributed by atoms with van der Waals surface area (Å²) in [7, 11) is 1.62. The minimum atomic E-state index is -1.20. The molecule has 0 spiro atoms. The number of nitrogens with zero attached hydrogens (tertiary/aromatic N) is 1. The molecule has 0 aromatic heterocycles. The first-order valence-corrected chi connectivity index (χ1v) is 6.40. The molecule has 0 radical (unpaired) electrons. The van der Waals surface area contributed by atoms with Gasteiger partial charge in [0.1, 0.15) is 0 Å². The predicted octanol–water partition coefficient (Wildman–Crippen LogP) is -0.262. The lowest BCUT2D eigenvalue weighted by Crippen LogP contribution is -2.58. The highest BCUT2D eigenvalue weighted by Crippen LogP contribution is 2.24. The maximum Gasteiger partial charge on any atom is 0.255 e. The van der Waals surface area contributed by atoms with E-state index < -0.39 is 5.60 Å². The van der Waals surface area contributed by atoms with E-state index in [-0.39, 0.29) is 5.91 Å². The maximum atomic E-state index is 12.2. The molecular formula is C12H22N2O3. The van der Waals surface area contributed by atoms with Gasteiger partial charge in [-0.15, -0.1) is 0 Å². The zero-order valence-corrected chi connectivity index (χ0v) is 10.4. The number of hydrogen-bond acceptors (Lipinski definition) is 4. The number of carbonyl (C=O) groups excluding carboxylic acids is 1. The van der Waals surface area contributed by atoms with Gasteiger partial charge in [0.15, 0.2) is 5.60 Å². The van der Waals surface area contributed by atoms with Gasteiger partial charge in [0.05, 0.1) is 6.61 Å². The molecule has 1 aliphatic carbocycles. The normalized spacial score (nSPS) is 29.8. The van der Waals surface area contributed by atoms with E-state index in [1.54, 1.807) is 12.0 Å². The molecule has 1 amide bonds. The van der Waals surface area contributed by atoms with Crippen molar-refractivity contribution in [3.8, 4) is 0 Å². The summed E-state index contributed by atoms with van der Waals surface area (Å²) in [5.74, 6) is -0.144. The molecule has 2 N–H and O–H groups in total. The third-order valence-corrected chi connectivity index (χ3v) is 3.53. The van der Waals surface area contributed by atoms with Crippen LogP contribution in [0.15, 0.2) is 0 Å². The molecule has 5 nitrogen and oxygen atoms in total. The Morgan fingerprint density at radius 1 is 1.59 bits per heavy atom. The molecule has 0 aromatic rings. The van der Waals surface area contributed by atoms with Crippen molar-refractivity contribution in [3.05, 3.63) is 0 Å². The van der Waals surface area contributed by atoms with Crippen LogP contribution in [0.5, 0.6) is 0 Å². The smallest absolute Gasteiger partial charge is 0.255 e. The summed E-state index contributed by atoms with van der Waals surface area (Å²) in [6.07, 6.45) is 3.75. The largest absolute Gasteiger partial charge is 0.383 e. The number of amides is 1. The highest BCUT2D eigenvalue weighted by Gasteiger charge is 2.42. The van der Waals surface area contributed by atoms with Crippen molar-refractivity contribution in [2.75, 3.05) is 33.4 Å². The van der Waals surface area contributed by atoms with E-state index in [0.717, 1.165) is 25.8 Å². The standard InChI is InChI=1S/C12H22N2O3/c1-17-8-7-14-6-2-5-12(16,11(14)15)9-13-10-3-4-10/h10,13,16H,2-9H2,1H3/t12-/m0/s1. The summed E-state index contributed by atoms with van der Waals surface area (Å²) >= 11 is 0. The zero-order valence-electron chi connectivity index (χ0n) is 10.4. The number of ether oxygens (including phenoxy) is 1. The molecule has 1 atom stereocenters. The molecule has 0 unspecified atom stereocenters. The summed E-state index contributed by atoms with van der Waals surface area (Å²) in [4.78, 5) is 13.9. The second kappa shape index (κ2) is 5.33. The van der Waals surface area contributed by atoms with Crippen molar-refractivity contribution in [2.45, 2.75) is 37.3 Å². The molecule has 1 saturated carbocycles. The molecule has 2 rings (SSSR count). The lowest BCUT2D eigenvalue weighted by Gasteiger charge is -2.38. The molecule has 0 aromatic carbocycles. The quantitative estimate of drug-likeness (QED) is 0.673. The average molecular weight is 242 g/mol. The van der Waals surface area contributed by atoms with E-state index in [0.29, 0.717) is 32.2 Å². The number of carbonyl (C=O) groups is 1. The molecule has 98 valence electrons. The van der Waals surface area contributed by atoms with E-state index in [1.165, 1.54) is 0 Å². The van der Waals surface area contributed by atoms with Crippen LogP contribution < -0.4 is 5.32 Å². The third kappa shape index (κ3) is 3.18. The molecule has 2 aliphatic rings. The molecule has 1 saturated heterocycles. The van der Waals surface area contributed by atoms with Gasteiger partial charge < -0.3 is 20.1 Å². The fourth-order valence-electron chi connectivity index (χ4n) is 2.24. The van der Waals surface area contributed by atoms with Crippen LogP contribution >= 0.6 is 0 Å². The minimum Gasteiger partial charge on any atom is -0.383 e. The van der Waals surface area contributed by atoms with Gasteiger partial charge in [0.25, 0.3) is 5.91 Å². The lowest BCUT2D eigenvalue weighted by atomic mass is 9.91. The van der Waals surface area contributed by atoms with Gasteiger partial charge in [-0.25, -0.2) is 0 Å². The van der Waals surface area contributed by atoms with Crippen LogP contribution in [0.4, 0.5) is 0 Å². The van der Waals surface area contributed by atoms with Crippen molar-refractivity contribution < 1.29 is 14.6 Å². The Hall–Kier alpha value is -0.650. The molecule has 1 heterocycles. The zero-order chi connectivity index (χ0) is 12.3. The Morgan fingerprint density at radius 2 is 2.35 bits per heavy atom. The van der Waals surface area contributed by atoms with Crippen molar-refractivity contribution in [1.82, 2.24) is 10.2 Å². The number of rotatable bonds is 6. The highest BCUT2D eigenvalue weighted by molar-refractivity contribution is 5.86. The number of likely N-dealkylation sites (tertiary alicyclic amines) is 1. The van der Waals surface area contributed by atoms with E-state index in [4.69, 9.17) is 4.74 Å². The van der Waals surface area contributed by atoms with Crippen LogP contribution in [0.3, 0.4) is 0 Å². The van der Waals surface area contributed by atoms with Gasteiger partial charge in [-0.3, -0.25) is 4.79 Å². The molecule has 5 heteroatoms. The van der Waals surface area contributed by atoms with E-state index in [1.807, 2.05) is 0 Å². The topological polar surface area (TPSA) is 61.8 Å². The fraction of sp³-hybridized carbons (Fsp3) is 0.917. The summed E-state index contributed by atoms with van der Waals surface area (Å²) < 4.78 is 4.98. The first kappa shape index (κ1) is 12.8. The first-order valence-electron chi connectivity index (χ1n) is 6.40. The van der Waals surface area contributed by atoms with Crippen LogP contribution in [0.25, 0.3) is 0 Å². The highest BCUT2D eigenvalue weighted by atomic mass is 16.5. The lowest BCUT2D eigenvalue weighted by molar-refractivity contribution is -0.157. The van der Waals surface area contributed by atoms with Crippen LogP contribution in [-0.4, -0.2) is 60.9 Å². The SMILES string of the molecule is COCCN1CCC[C@](O)(CNC2CC2)C1=O. The molecule has 17 heavy (non-hydrogen) atoms. The van der Waals surface area contributed by atoms with Crippen LogP contribution in [-0.2, 0) is 9.53 Å². The van der Waals surface area contributed by atoms with Crippen LogP contribution in [0.2, 0.25) is 0 Å². The Balaban J connectivity index is 1.88. The van der Waals surface area contributed by atoms with Crippen molar-refractivity contribution >= 4 is 5.91 Å². The molecule has 2 fully saturated rings. The second-order valence-corrected chi connectivity index (χ2v) is 5.08. The molecule has 0 bridgehead atoms. The summed E-state index contributed by atoms with van der Waals surface area (Å²) in [6, 6.07) is 0.515. The van der Waals surface area contributed by atoms with Gasteiger partial charge >= 0.3 is 0 Å². The van der Waals surface area contributed by atoms with Crippen LogP contribution in [0, 0.1) is 0 Å². The Labute approximate surface area is 102 Å². The van der Waals surface area contributed by atoms with Gasteiger partial charge in [-0.05, 0) is 25.7 Å². The predicted molar refractivity (Wildman–Crippen MR) is 63.7 cm³/mol. The first-order chi connectivity index (χ1) is 8.15. The Bertz CT molecular complexity index is 281. The van der Waals surface area contributed by atoms with Crippen LogP contribution in [0.1, 0.15) is 25.7 Å². The van der Waals surface area contributed by atoms with Gasteiger partial charge in [0, 0.05) is 32.8 Å². The summed E-state index contributed by atoms with van der Waals surface area (Å²) in [5.41, 5.74) is -1.20. The maximum absolute atomic E-state index is 12.2. The monoisotopic (exact) mass is 242 g/mol. The van der Waals surface area contributed by atoms with Crippen molar-refractivity contribution in [2.24, 2.45) is 0 Å². The number of nitrogens with one attached hydrogen (secondary N) is 1. The Morgan fingerprint density at radius 3 is 3.00 bits per heavy atom. The van der Waals surface area contributed by atoms with Gasteiger partial charge in [-0.1, -0.05) is 0 Å². The van der Waals surface area contributed by atoms with E-state index in [2.05, 4.69) is 5.32 Å². The van der Waals surface area contributed by atoms with E-state index in [9.17, 15) is 9.90 Å². The van der Waals surface area contributed by atoms with Crippen molar-refractivity contribution in [1.29, 1.82) is 0 Å². The van der Waals surface area contributed by atoms with Gasteiger partial charge in [0.2, 0.25) is 0 Å². The number of methoxy groups -OCH3 is 1. The van der Waals surface area contributed by atoms with E-state index >= 15 is 0 Å². The molecule has 1 aliphatic heterocycles.